The highest BCUT2D eigenvalue weighted by molar-refractivity contribution is 5.45. The van der Waals surface area contributed by atoms with Crippen molar-refractivity contribution in [2.24, 2.45) is 0 Å². The van der Waals surface area contributed by atoms with Crippen molar-refractivity contribution in [3.05, 3.63) is 23.8 Å². The minimum atomic E-state index is 0.197. The van der Waals surface area contributed by atoms with E-state index in [0.717, 1.165) is 11.5 Å². The van der Waals surface area contributed by atoms with E-state index < -0.39 is 0 Å². The van der Waals surface area contributed by atoms with Crippen LogP contribution in [0.15, 0.2) is 18.2 Å². The van der Waals surface area contributed by atoms with Crippen molar-refractivity contribution in [2.75, 3.05) is 20.4 Å². The van der Waals surface area contributed by atoms with Gasteiger partial charge >= 0.3 is 0 Å². The molecule has 0 bridgehead atoms. The number of fused-ring (bicyclic) bond motifs is 1. The van der Waals surface area contributed by atoms with Crippen molar-refractivity contribution < 1.29 is 14.2 Å². The Hall–Kier alpha value is -1.26. The zero-order valence-corrected chi connectivity index (χ0v) is 12.8. The van der Waals surface area contributed by atoms with Gasteiger partial charge in [0.1, 0.15) is 0 Å². The van der Waals surface area contributed by atoms with Gasteiger partial charge in [-0.25, -0.2) is 0 Å². The van der Waals surface area contributed by atoms with E-state index in [1.54, 1.807) is 0 Å². The van der Waals surface area contributed by atoms with Crippen LogP contribution in [-0.4, -0.2) is 26.6 Å². The number of hydrogen-bond acceptors (Lipinski definition) is 4. The summed E-state index contributed by atoms with van der Waals surface area (Å²) >= 11 is 0. The molecule has 1 fully saturated rings. The topological polar surface area (TPSA) is 39.7 Å². The molecule has 1 aromatic rings. The van der Waals surface area contributed by atoms with Crippen LogP contribution in [0, 0.1) is 0 Å². The van der Waals surface area contributed by atoms with Gasteiger partial charge in [-0.2, -0.15) is 0 Å². The second-order valence-corrected chi connectivity index (χ2v) is 5.90. The molecule has 1 saturated carbocycles. The maximum atomic E-state index is 6.16. The summed E-state index contributed by atoms with van der Waals surface area (Å²) in [5.41, 5.74) is 1.19. The molecule has 0 aromatic heterocycles. The summed E-state index contributed by atoms with van der Waals surface area (Å²) in [6.07, 6.45) is 8.17. The first kappa shape index (κ1) is 14.7. The number of rotatable bonds is 5. The Labute approximate surface area is 126 Å². The van der Waals surface area contributed by atoms with Gasteiger partial charge in [-0.05, 0) is 37.6 Å². The van der Waals surface area contributed by atoms with E-state index >= 15 is 0 Å². The van der Waals surface area contributed by atoms with Crippen molar-refractivity contribution in [3.63, 3.8) is 0 Å². The number of benzene rings is 1. The number of hydrogen-bond donors (Lipinski definition) is 1. The van der Waals surface area contributed by atoms with Crippen molar-refractivity contribution in [1.82, 2.24) is 5.32 Å². The Bertz CT molecular complexity index is 455. The van der Waals surface area contributed by atoms with E-state index in [-0.39, 0.29) is 6.04 Å². The third-order valence-corrected chi connectivity index (χ3v) is 4.45. The molecule has 1 aliphatic heterocycles. The first-order chi connectivity index (χ1) is 10.4. The Morgan fingerprint density at radius 3 is 2.67 bits per heavy atom. The van der Waals surface area contributed by atoms with Gasteiger partial charge in [0.15, 0.2) is 11.5 Å². The molecule has 1 unspecified atom stereocenters. The second-order valence-electron chi connectivity index (χ2n) is 5.90. The van der Waals surface area contributed by atoms with Crippen LogP contribution >= 0.6 is 0 Å². The molecule has 0 spiro atoms. The second kappa shape index (κ2) is 7.14. The molecule has 1 heterocycles. The van der Waals surface area contributed by atoms with E-state index in [1.165, 1.54) is 44.1 Å². The fourth-order valence-electron chi connectivity index (χ4n) is 3.12. The van der Waals surface area contributed by atoms with Crippen LogP contribution in [0.4, 0.5) is 0 Å². The molecular formula is C17H25NO3. The lowest BCUT2D eigenvalue weighted by Crippen LogP contribution is -2.25. The largest absolute Gasteiger partial charge is 0.454 e. The van der Waals surface area contributed by atoms with E-state index in [9.17, 15) is 0 Å². The molecule has 1 aromatic carbocycles. The van der Waals surface area contributed by atoms with Crippen LogP contribution in [0.2, 0.25) is 0 Å². The molecule has 4 heteroatoms. The van der Waals surface area contributed by atoms with E-state index in [0.29, 0.717) is 19.5 Å². The third kappa shape index (κ3) is 3.69. The fourth-order valence-corrected chi connectivity index (χ4v) is 3.12. The van der Waals surface area contributed by atoms with Gasteiger partial charge in [0.25, 0.3) is 0 Å². The summed E-state index contributed by atoms with van der Waals surface area (Å²) in [4.78, 5) is 0. The predicted molar refractivity (Wildman–Crippen MR) is 81.8 cm³/mol. The van der Waals surface area contributed by atoms with Gasteiger partial charge in [0, 0.05) is 0 Å². The molecule has 0 saturated heterocycles. The molecule has 0 amide bonds. The van der Waals surface area contributed by atoms with Crippen LogP contribution in [0.5, 0.6) is 11.5 Å². The molecule has 1 atom stereocenters. The summed E-state index contributed by atoms with van der Waals surface area (Å²) in [7, 11) is 1.98. The Kier molecular flexibility index (Phi) is 4.99. The lowest BCUT2D eigenvalue weighted by molar-refractivity contribution is 0.0300. The summed E-state index contributed by atoms with van der Waals surface area (Å²) in [5, 5.41) is 3.34. The summed E-state index contributed by atoms with van der Waals surface area (Å²) < 4.78 is 17.0. The molecule has 116 valence electrons. The van der Waals surface area contributed by atoms with Crippen molar-refractivity contribution in [3.8, 4) is 11.5 Å². The highest BCUT2D eigenvalue weighted by atomic mass is 16.7. The molecule has 0 radical (unpaired) electrons. The third-order valence-electron chi connectivity index (χ3n) is 4.45. The van der Waals surface area contributed by atoms with Gasteiger partial charge in [-0.1, -0.05) is 31.7 Å². The van der Waals surface area contributed by atoms with E-state index in [2.05, 4.69) is 17.4 Å². The Morgan fingerprint density at radius 1 is 1.14 bits per heavy atom. The summed E-state index contributed by atoms with van der Waals surface area (Å²) in [6, 6.07) is 6.32. The maximum absolute atomic E-state index is 6.16. The lowest BCUT2D eigenvalue weighted by atomic mass is 10.1. The highest BCUT2D eigenvalue weighted by Gasteiger charge is 2.19. The average Bonchev–Trinajstić information content (AvgIpc) is 2.82. The molecule has 3 rings (SSSR count). The standard InChI is InChI=1S/C17H25NO3/c1-18-15(11-19-14-6-4-2-3-5-7-14)13-8-9-16-17(10-13)21-12-20-16/h8-10,14-15,18H,2-7,11-12H2,1H3. The number of likely N-dealkylation sites (N-methyl/N-ethyl adjacent to an activating group) is 1. The number of nitrogens with one attached hydrogen (secondary N) is 1. The maximum Gasteiger partial charge on any atom is 0.231 e. The first-order valence-corrected chi connectivity index (χ1v) is 8.05. The van der Waals surface area contributed by atoms with E-state index in [1.807, 2.05) is 13.1 Å². The highest BCUT2D eigenvalue weighted by Crippen LogP contribution is 2.34. The van der Waals surface area contributed by atoms with Gasteiger partial charge in [0.2, 0.25) is 6.79 Å². The van der Waals surface area contributed by atoms with Crippen molar-refractivity contribution >= 4 is 0 Å². The van der Waals surface area contributed by atoms with Crippen LogP contribution in [0.3, 0.4) is 0 Å². The van der Waals surface area contributed by atoms with Crippen LogP contribution in [0.25, 0.3) is 0 Å². The zero-order chi connectivity index (χ0) is 14.5. The van der Waals surface area contributed by atoms with Crippen molar-refractivity contribution in [2.45, 2.75) is 50.7 Å². The van der Waals surface area contributed by atoms with Crippen LogP contribution in [-0.2, 0) is 4.74 Å². The molecule has 21 heavy (non-hydrogen) atoms. The Morgan fingerprint density at radius 2 is 1.90 bits per heavy atom. The normalized spacial score (nSPS) is 20.2. The summed E-state index contributed by atoms with van der Waals surface area (Å²) in [5.74, 6) is 1.67. The van der Waals surface area contributed by atoms with Gasteiger partial charge < -0.3 is 19.5 Å². The lowest BCUT2D eigenvalue weighted by Gasteiger charge is -2.21. The minimum absolute atomic E-state index is 0.197. The minimum Gasteiger partial charge on any atom is -0.454 e. The van der Waals surface area contributed by atoms with Gasteiger partial charge in [0.05, 0.1) is 18.8 Å². The van der Waals surface area contributed by atoms with Gasteiger partial charge in [-0.15, -0.1) is 0 Å². The van der Waals surface area contributed by atoms with Gasteiger partial charge in [-0.3, -0.25) is 0 Å². The number of ether oxygens (including phenoxy) is 3. The Balaban J connectivity index is 1.59. The smallest absolute Gasteiger partial charge is 0.231 e. The fraction of sp³-hybridized carbons (Fsp3) is 0.647. The molecular weight excluding hydrogens is 266 g/mol. The predicted octanol–water partition coefficient (Wildman–Crippen LogP) is 3.42. The summed E-state index contributed by atoms with van der Waals surface area (Å²) in [6.45, 7) is 1.03. The molecule has 4 nitrogen and oxygen atoms in total. The SMILES string of the molecule is CNC(COC1CCCCCC1)c1ccc2c(c1)OCO2. The van der Waals surface area contributed by atoms with Crippen LogP contribution < -0.4 is 14.8 Å². The molecule has 2 aliphatic rings. The average molecular weight is 291 g/mol. The van der Waals surface area contributed by atoms with E-state index in [4.69, 9.17) is 14.2 Å². The van der Waals surface area contributed by atoms with Crippen molar-refractivity contribution in [1.29, 1.82) is 0 Å². The quantitative estimate of drug-likeness (QED) is 0.844. The molecule has 1 aliphatic carbocycles. The van der Waals surface area contributed by atoms with Crippen LogP contribution in [0.1, 0.15) is 50.1 Å². The first-order valence-electron chi connectivity index (χ1n) is 8.05. The molecule has 1 N–H and O–H groups in total. The zero-order valence-electron chi connectivity index (χ0n) is 12.8. The monoisotopic (exact) mass is 291 g/mol.